The van der Waals surface area contributed by atoms with Crippen molar-refractivity contribution in [2.24, 2.45) is 5.92 Å². The van der Waals surface area contributed by atoms with Crippen molar-refractivity contribution in [2.75, 3.05) is 42.6 Å². The number of nitriles is 1. The zero-order valence-corrected chi connectivity index (χ0v) is 14.0. The highest BCUT2D eigenvalue weighted by Crippen LogP contribution is 2.24. The van der Waals surface area contributed by atoms with Crippen molar-refractivity contribution in [2.45, 2.75) is 26.7 Å². The van der Waals surface area contributed by atoms with Gasteiger partial charge in [-0.15, -0.1) is 0 Å². The maximum atomic E-state index is 12.5. The third-order valence-corrected chi connectivity index (χ3v) is 3.98. The summed E-state index contributed by atoms with van der Waals surface area (Å²) < 4.78 is 5.38. The monoisotopic (exact) mass is 315 g/mol. The molecule has 124 valence electrons. The predicted octanol–water partition coefficient (Wildman–Crippen LogP) is 2.82. The molecule has 5 heteroatoms. The van der Waals surface area contributed by atoms with Gasteiger partial charge in [-0.2, -0.15) is 5.26 Å². The predicted molar refractivity (Wildman–Crippen MR) is 91.5 cm³/mol. The molecule has 1 saturated heterocycles. The molecular weight excluding hydrogens is 290 g/mol. The van der Waals surface area contributed by atoms with Crippen LogP contribution in [0.25, 0.3) is 0 Å². The first kappa shape index (κ1) is 17.3. The van der Waals surface area contributed by atoms with Gasteiger partial charge in [-0.25, -0.2) is 0 Å². The average molecular weight is 315 g/mol. The molecule has 1 aromatic rings. The number of benzene rings is 1. The van der Waals surface area contributed by atoms with Gasteiger partial charge in [0, 0.05) is 30.9 Å². The Balaban J connectivity index is 2.15. The van der Waals surface area contributed by atoms with E-state index in [0.29, 0.717) is 12.3 Å². The van der Waals surface area contributed by atoms with E-state index in [0.717, 1.165) is 44.1 Å². The summed E-state index contributed by atoms with van der Waals surface area (Å²) in [7, 11) is 0. The number of anilines is 2. The number of amides is 1. The normalized spacial score (nSPS) is 14.6. The molecule has 0 radical (unpaired) electrons. The molecule has 0 unspecified atom stereocenters. The van der Waals surface area contributed by atoms with Crippen molar-refractivity contribution in [1.29, 1.82) is 5.26 Å². The number of carbonyl (C=O) groups is 1. The van der Waals surface area contributed by atoms with Crippen LogP contribution in [-0.2, 0) is 9.53 Å². The Kier molecular flexibility index (Phi) is 6.42. The number of morpholine rings is 1. The fourth-order valence-corrected chi connectivity index (χ4v) is 2.62. The second kappa shape index (κ2) is 8.54. The van der Waals surface area contributed by atoms with Gasteiger partial charge in [0.15, 0.2) is 0 Å². The molecule has 1 aromatic carbocycles. The third kappa shape index (κ3) is 4.97. The zero-order chi connectivity index (χ0) is 16.7. The fraction of sp³-hybridized carbons (Fsp3) is 0.556. The fourth-order valence-electron chi connectivity index (χ4n) is 2.62. The van der Waals surface area contributed by atoms with Crippen LogP contribution in [0.1, 0.15) is 26.7 Å². The summed E-state index contributed by atoms with van der Waals surface area (Å²) in [4.78, 5) is 16.3. The minimum Gasteiger partial charge on any atom is -0.378 e. The van der Waals surface area contributed by atoms with Gasteiger partial charge in [-0.05, 0) is 30.5 Å². The summed E-state index contributed by atoms with van der Waals surface area (Å²) in [6.07, 6.45) is 1.31. The number of carbonyl (C=O) groups excluding carboxylic acids is 1. The van der Waals surface area contributed by atoms with Crippen molar-refractivity contribution < 1.29 is 9.53 Å². The Morgan fingerprint density at radius 1 is 1.39 bits per heavy atom. The van der Waals surface area contributed by atoms with Crippen molar-refractivity contribution in [3.8, 4) is 6.07 Å². The minimum absolute atomic E-state index is 0.0133. The molecule has 1 amide bonds. The van der Waals surface area contributed by atoms with Gasteiger partial charge in [0.05, 0.1) is 19.3 Å². The van der Waals surface area contributed by atoms with Gasteiger partial charge in [0.1, 0.15) is 6.54 Å². The Morgan fingerprint density at radius 2 is 2.13 bits per heavy atom. The van der Waals surface area contributed by atoms with Gasteiger partial charge < -0.3 is 9.64 Å². The smallest absolute Gasteiger partial charge is 0.227 e. The molecule has 5 nitrogen and oxygen atoms in total. The summed E-state index contributed by atoms with van der Waals surface area (Å²) in [5, 5.41) is 9.07. The number of hydrogen-bond acceptors (Lipinski definition) is 4. The summed E-state index contributed by atoms with van der Waals surface area (Å²) in [5.41, 5.74) is 1.87. The maximum Gasteiger partial charge on any atom is 0.227 e. The summed E-state index contributed by atoms with van der Waals surface area (Å²) in [6, 6.07) is 9.98. The van der Waals surface area contributed by atoms with E-state index in [1.807, 2.05) is 24.3 Å². The van der Waals surface area contributed by atoms with Crippen LogP contribution in [0, 0.1) is 17.2 Å². The largest absolute Gasteiger partial charge is 0.378 e. The molecular formula is C18H25N3O2. The van der Waals surface area contributed by atoms with Crippen molar-refractivity contribution in [3.63, 3.8) is 0 Å². The molecule has 1 aliphatic heterocycles. The van der Waals surface area contributed by atoms with Crippen LogP contribution >= 0.6 is 0 Å². The lowest BCUT2D eigenvalue weighted by Gasteiger charge is -2.30. The lowest BCUT2D eigenvalue weighted by molar-refractivity contribution is -0.118. The first-order valence-electron chi connectivity index (χ1n) is 8.22. The third-order valence-electron chi connectivity index (χ3n) is 3.98. The topological polar surface area (TPSA) is 56.6 Å². The molecule has 0 N–H and O–H groups in total. The number of rotatable bonds is 6. The van der Waals surface area contributed by atoms with Crippen molar-refractivity contribution in [3.05, 3.63) is 24.3 Å². The second-order valence-corrected chi connectivity index (χ2v) is 6.19. The van der Waals surface area contributed by atoms with Gasteiger partial charge in [0.25, 0.3) is 0 Å². The van der Waals surface area contributed by atoms with Crippen molar-refractivity contribution >= 4 is 17.3 Å². The van der Waals surface area contributed by atoms with E-state index in [2.05, 4.69) is 24.8 Å². The molecule has 0 atom stereocenters. The van der Waals surface area contributed by atoms with Gasteiger partial charge >= 0.3 is 0 Å². The Bertz CT molecular complexity index is 560. The summed E-state index contributed by atoms with van der Waals surface area (Å²) >= 11 is 0. The Labute approximate surface area is 138 Å². The highest BCUT2D eigenvalue weighted by atomic mass is 16.5. The van der Waals surface area contributed by atoms with Crippen LogP contribution in [0.3, 0.4) is 0 Å². The molecule has 1 heterocycles. The number of hydrogen-bond donors (Lipinski definition) is 0. The van der Waals surface area contributed by atoms with E-state index in [-0.39, 0.29) is 12.5 Å². The summed E-state index contributed by atoms with van der Waals surface area (Å²) in [6.45, 7) is 7.43. The van der Waals surface area contributed by atoms with E-state index in [1.54, 1.807) is 4.90 Å². The molecule has 0 aromatic heterocycles. The molecule has 0 aliphatic carbocycles. The maximum absolute atomic E-state index is 12.5. The van der Waals surface area contributed by atoms with E-state index < -0.39 is 0 Å². The lowest BCUT2D eigenvalue weighted by Crippen LogP contribution is -2.36. The molecule has 0 bridgehead atoms. The minimum atomic E-state index is 0.0133. The first-order chi connectivity index (χ1) is 11.1. The SMILES string of the molecule is CC(C)CCC(=O)N(CC#N)c1cccc(N2CCOCC2)c1. The Hall–Kier alpha value is -2.06. The van der Waals surface area contributed by atoms with Crippen LogP contribution in [0.2, 0.25) is 0 Å². The molecule has 1 fully saturated rings. The Morgan fingerprint density at radius 3 is 2.78 bits per heavy atom. The van der Waals surface area contributed by atoms with E-state index in [1.165, 1.54) is 0 Å². The first-order valence-corrected chi connectivity index (χ1v) is 8.22. The van der Waals surface area contributed by atoms with Crippen LogP contribution in [-0.4, -0.2) is 38.8 Å². The van der Waals surface area contributed by atoms with Gasteiger partial charge in [0.2, 0.25) is 5.91 Å². The molecule has 1 aliphatic rings. The number of nitrogens with zero attached hydrogens (tertiary/aromatic N) is 3. The second-order valence-electron chi connectivity index (χ2n) is 6.19. The summed E-state index contributed by atoms with van der Waals surface area (Å²) in [5.74, 6) is 0.488. The molecule has 2 rings (SSSR count). The van der Waals surface area contributed by atoms with Crippen molar-refractivity contribution in [1.82, 2.24) is 0 Å². The standard InChI is InChI=1S/C18H25N3O2/c1-15(2)6-7-18(22)21(9-8-19)17-5-3-4-16(14-17)20-10-12-23-13-11-20/h3-5,14-15H,6-7,9-13H2,1-2H3. The zero-order valence-electron chi connectivity index (χ0n) is 14.0. The van der Waals surface area contributed by atoms with E-state index in [9.17, 15) is 4.79 Å². The quantitative estimate of drug-likeness (QED) is 0.758. The molecule has 0 spiro atoms. The highest BCUT2D eigenvalue weighted by Gasteiger charge is 2.18. The molecule has 23 heavy (non-hydrogen) atoms. The van der Waals surface area contributed by atoms with E-state index >= 15 is 0 Å². The van der Waals surface area contributed by atoms with Gasteiger partial charge in [-0.3, -0.25) is 9.69 Å². The van der Waals surface area contributed by atoms with Crippen LogP contribution in [0.5, 0.6) is 0 Å². The molecule has 0 saturated carbocycles. The average Bonchev–Trinajstić information content (AvgIpc) is 2.58. The highest BCUT2D eigenvalue weighted by molar-refractivity contribution is 5.94. The van der Waals surface area contributed by atoms with E-state index in [4.69, 9.17) is 10.00 Å². The lowest BCUT2D eigenvalue weighted by atomic mass is 10.1. The number of ether oxygens (including phenoxy) is 1. The van der Waals surface area contributed by atoms with Crippen LogP contribution in [0.4, 0.5) is 11.4 Å². The van der Waals surface area contributed by atoms with Crippen LogP contribution in [0.15, 0.2) is 24.3 Å². The van der Waals surface area contributed by atoms with Crippen LogP contribution < -0.4 is 9.80 Å². The van der Waals surface area contributed by atoms with Gasteiger partial charge in [-0.1, -0.05) is 19.9 Å².